The van der Waals surface area contributed by atoms with Gasteiger partial charge in [-0.15, -0.1) is 0 Å². The highest BCUT2D eigenvalue weighted by atomic mass is 32.1. The lowest BCUT2D eigenvalue weighted by Gasteiger charge is -1.97. The molecule has 0 saturated carbocycles. The van der Waals surface area contributed by atoms with Crippen LogP contribution in [0.15, 0.2) is 9.59 Å². The van der Waals surface area contributed by atoms with Crippen LogP contribution in [-0.4, -0.2) is 21.0 Å². The van der Waals surface area contributed by atoms with Crippen LogP contribution in [0, 0.1) is 4.77 Å². The molecule has 74 valence electrons. The summed E-state index contributed by atoms with van der Waals surface area (Å²) in [4.78, 5) is 25.9. The highest BCUT2D eigenvalue weighted by Gasteiger charge is 1.94. The topological polar surface area (TPSA) is 70.7 Å². The van der Waals surface area contributed by atoms with Gasteiger partial charge in [0.15, 0.2) is 4.77 Å². The van der Waals surface area contributed by atoms with Crippen molar-refractivity contribution >= 4 is 20.9 Å². The van der Waals surface area contributed by atoms with Crippen LogP contribution in [0.2, 0.25) is 0 Å². The van der Waals surface area contributed by atoms with Gasteiger partial charge in [-0.05, 0) is 27.6 Å². The van der Waals surface area contributed by atoms with E-state index in [1.54, 1.807) is 6.66 Å². The van der Waals surface area contributed by atoms with E-state index in [4.69, 9.17) is 12.2 Å². The second-order valence-electron chi connectivity index (χ2n) is 1.75. The van der Waals surface area contributed by atoms with Crippen molar-refractivity contribution in [2.75, 3.05) is 6.66 Å². The van der Waals surface area contributed by atoms with Crippen LogP contribution in [0.5, 0.6) is 0 Å². The van der Waals surface area contributed by atoms with Crippen molar-refractivity contribution in [3.05, 3.63) is 25.7 Å². The Bertz CT molecular complexity index is 385. The first-order valence-electron chi connectivity index (χ1n) is 3.78. The molecule has 0 bridgehead atoms. The monoisotopic (exact) mass is 221 g/mol. The number of hydrogen-bond acceptors (Lipinski definition) is 3. The molecule has 0 aromatic carbocycles. The Morgan fingerprint density at radius 2 is 1.85 bits per heavy atom. The molecular formula is C6H12N3O2PS. The van der Waals surface area contributed by atoms with Gasteiger partial charge in [0.2, 0.25) is 0 Å². The standard InChI is InChI=1S/C4H6N3O2PS.C2H6/c1-10-7-3(9)5-2(8)6-4(7)11;1-2/h10H,1H3,(H2,5,6,8,9,11);1-2H3. The van der Waals surface area contributed by atoms with Gasteiger partial charge in [-0.25, -0.2) is 9.59 Å². The van der Waals surface area contributed by atoms with Crippen molar-refractivity contribution in [2.24, 2.45) is 0 Å². The second kappa shape index (κ2) is 5.83. The van der Waals surface area contributed by atoms with Gasteiger partial charge in [0.25, 0.3) is 0 Å². The van der Waals surface area contributed by atoms with E-state index in [1.807, 2.05) is 13.8 Å². The molecule has 0 aliphatic heterocycles. The Balaban J connectivity index is 0.000000671. The van der Waals surface area contributed by atoms with Crippen LogP contribution in [-0.2, 0) is 0 Å². The van der Waals surface area contributed by atoms with E-state index in [0.717, 1.165) is 0 Å². The van der Waals surface area contributed by atoms with Gasteiger partial charge in [-0.2, -0.15) is 0 Å². The van der Waals surface area contributed by atoms with Crippen LogP contribution in [0.3, 0.4) is 0 Å². The van der Waals surface area contributed by atoms with Crippen LogP contribution in [0.1, 0.15) is 13.8 Å². The Hall–Kier alpha value is -0.740. The summed E-state index contributed by atoms with van der Waals surface area (Å²) in [7, 11) is 0.223. The molecule has 5 nitrogen and oxygen atoms in total. The third-order valence-corrected chi connectivity index (χ3v) is 2.39. The van der Waals surface area contributed by atoms with E-state index in [-0.39, 0.29) is 13.5 Å². The molecule has 1 rings (SSSR count). The molecule has 0 amide bonds. The van der Waals surface area contributed by atoms with Gasteiger partial charge in [0.1, 0.15) is 0 Å². The van der Waals surface area contributed by atoms with Gasteiger partial charge >= 0.3 is 11.4 Å². The lowest BCUT2D eigenvalue weighted by atomic mass is 11.0. The summed E-state index contributed by atoms with van der Waals surface area (Å²) in [6.07, 6.45) is 0. The summed E-state index contributed by atoms with van der Waals surface area (Å²) in [6, 6.07) is 0. The highest BCUT2D eigenvalue weighted by molar-refractivity contribution is 7.71. The second-order valence-corrected chi connectivity index (χ2v) is 3.03. The molecule has 0 radical (unpaired) electrons. The first kappa shape index (κ1) is 12.3. The zero-order valence-electron chi connectivity index (χ0n) is 7.67. The lowest BCUT2D eigenvalue weighted by molar-refractivity contribution is 0.877. The number of aromatic amines is 2. The molecule has 13 heavy (non-hydrogen) atoms. The molecule has 0 saturated heterocycles. The Morgan fingerprint density at radius 3 is 2.23 bits per heavy atom. The van der Waals surface area contributed by atoms with E-state index in [0.29, 0.717) is 0 Å². The van der Waals surface area contributed by atoms with Crippen molar-refractivity contribution in [3.63, 3.8) is 0 Å². The molecule has 0 aliphatic carbocycles. The minimum atomic E-state index is -0.561. The fourth-order valence-electron chi connectivity index (χ4n) is 0.633. The average molecular weight is 221 g/mol. The van der Waals surface area contributed by atoms with Gasteiger partial charge in [-0.1, -0.05) is 13.8 Å². The van der Waals surface area contributed by atoms with E-state index in [1.165, 1.54) is 4.34 Å². The summed E-state index contributed by atoms with van der Waals surface area (Å²) in [5.74, 6) is 0. The molecule has 7 heteroatoms. The molecule has 1 aromatic heterocycles. The number of nitrogens with one attached hydrogen (secondary N) is 2. The van der Waals surface area contributed by atoms with Gasteiger partial charge < -0.3 is 0 Å². The van der Waals surface area contributed by atoms with Crippen molar-refractivity contribution < 1.29 is 0 Å². The van der Waals surface area contributed by atoms with Crippen LogP contribution >= 0.6 is 20.9 Å². The maximum absolute atomic E-state index is 10.9. The number of nitrogens with zero attached hydrogens (tertiary/aromatic N) is 1. The molecule has 0 aliphatic rings. The highest BCUT2D eigenvalue weighted by Crippen LogP contribution is 2.00. The van der Waals surface area contributed by atoms with Crippen LogP contribution < -0.4 is 11.4 Å². The summed E-state index contributed by atoms with van der Waals surface area (Å²) in [5.41, 5.74) is -1.02. The minimum absolute atomic E-state index is 0.166. The van der Waals surface area contributed by atoms with Crippen LogP contribution in [0.4, 0.5) is 0 Å². The molecule has 0 spiro atoms. The van der Waals surface area contributed by atoms with Crippen molar-refractivity contribution in [1.29, 1.82) is 0 Å². The Morgan fingerprint density at radius 1 is 1.31 bits per heavy atom. The number of aromatic nitrogens is 3. The Labute approximate surface area is 82.1 Å². The summed E-state index contributed by atoms with van der Waals surface area (Å²) >= 11 is 4.72. The largest absolute Gasteiger partial charge is 0.334 e. The van der Waals surface area contributed by atoms with E-state index in [9.17, 15) is 9.59 Å². The average Bonchev–Trinajstić information content (AvgIpc) is 2.07. The first-order valence-corrected chi connectivity index (χ1v) is 5.64. The molecule has 1 aromatic rings. The van der Waals surface area contributed by atoms with Crippen molar-refractivity contribution in [2.45, 2.75) is 13.8 Å². The predicted octanol–water partition coefficient (Wildman–Crippen LogP) is 0.692. The zero-order valence-corrected chi connectivity index (χ0v) is 9.49. The molecule has 0 fully saturated rings. The third-order valence-electron chi connectivity index (χ3n) is 1.07. The predicted molar refractivity (Wildman–Crippen MR) is 57.5 cm³/mol. The molecule has 1 heterocycles. The SMILES string of the molecule is CC.CPn1c(=O)[nH]c(=O)[nH]c1=S. The van der Waals surface area contributed by atoms with E-state index < -0.39 is 11.4 Å². The maximum atomic E-state index is 10.9. The normalized spacial score (nSPS) is 9.77. The van der Waals surface area contributed by atoms with Gasteiger partial charge in [-0.3, -0.25) is 14.3 Å². The molecule has 2 N–H and O–H groups in total. The quantitative estimate of drug-likeness (QED) is 0.541. The molecule has 1 atom stereocenters. The summed E-state index contributed by atoms with van der Waals surface area (Å²) < 4.78 is 1.45. The molecule has 1 unspecified atom stereocenters. The lowest BCUT2D eigenvalue weighted by Crippen LogP contribution is -2.28. The Kier molecular flexibility index (Phi) is 5.50. The van der Waals surface area contributed by atoms with Gasteiger partial charge in [0.05, 0.1) is 0 Å². The summed E-state index contributed by atoms with van der Waals surface area (Å²) in [6.45, 7) is 5.79. The minimum Gasteiger partial charge on any atom is -0.284 e. The number of H-pyrrole nitrogens is 2. The van der Waals surface area contributed by atoms with Crippen molar-refractivity contribution in [3.8, 4) is 0 Å². The zero-order chi connectivity index (χ0) is 10.4. The van der Waals surface area contributed by atoms with Crippen LogP contribution in [0.25, 0.3) is 0 Å². The van der Waals surface area contributed by atoms with Gasteiger partial charge in [0, 0.05) is 0 Å². The first-order chi connectivity index (χ1) is 6.15. The molecular weight excluding hydrogens is 209 g/mol. The third kappa shape index (κ3) is 3.24. The fraction of sp³-hybridized carbons (Fsp3) is 0.500. The van der Waals surface area contributed by atoms with Crippen molar-refractivity contribution in [1.82, 2.24) is 14.3 Å². The van der Waals surface area contributed by atoms with E-state index in [2.05, 4.69) is 9.97 Å². The maximum Gasteiger partial charge on any atom is 0.334 e. The fourth-order valence-corrected chi connectivity index (χ4v) is 1.60. The number of rotatable bonds is 1. The smallest absolute Gasteiger partial charge is 0.284 e. The summed E-state index contributed by atoms with van der Waals surface area (Å²) in [5, 5.41) is 0. The number of hydrogen-bond donors (Lipinski definition) is 2. The van der Waals surface area contributed by atoms with E-state index >= 15 is 0 Å².